The molecule has 0 aliphatic carbocycles. The van der Waals surface area contributed by atoms with Crippen molar-refractivity contribution in [3.8, 4) is 0 Å². The van der Waals surface area contributed by atoms with Crippen LogP contribution in [-0.4, -0.2) is 14.1 Å². The van der Waals surface area contributed by atoms with Gasteiger partial charge >= 0.3 is 0 Å². The lowest BCUT2D eigenvalue weighted by molar-refractivity contribution is 0.533. The third-order valence-electron chi connectivity index (χ3n) is 3.15. The molecule has 1 heterocycles. The predicted octanol–water partition coefficient (Wildman–Crippen LogP) is 4.05. The molecule has 0 radical (unpaired) electrons. The Bertz CT molecular complexity index is 498. The molecule has 0 unspecified atom stereocenters. The molecule has 0 spiro atoms. The zero-order valence-corrected chi connectivity index (χ0v) is 10.3. The lowest BCUT2D eigenvalue weighted by Crippen LogP contribution is -2.36. The highest BCUT2D eigenvalue weighted by molar-refractivity contribution is 7.99. The van der Waals surface area contributed by atoms with Gasteiger partial charge in [-0.1, -0.05) is 36.0 Å². The van der Waals surface area contributed by atoms with Crippen LogP contribution in [0.2, 0.25) is 0 Å². The molecule has 0 amide bonds. The van der Waals surface area contributed by atoms with Crippen LogP contribution in [0.25, 0.3) is 0 Å². The number of para-hydroxylation sites is 2. The average molecular weight is 228 g/mol. The quantitative estimate of drug-likeness (QED) is 0.613. The van der Waals surface area contributed by atoms with Crippen LogP contribution in [0.3, 0.4) is 0 Å². The van der Waals surface area contributed by atoms with E-state index in [2.05, 4.69) is 62.6 Å². The van der Waals surface area contributed by atoms with Crippen LogP contribution in [0.15, 0.2) is 58.3 Å². The van der Waals surface area contributed by atoms with Gasteiger partial charge < -0.3 is 0 Å². The topological polar surface area (TPSA) is 0 Å². The summed E-state index contributed by atoms with van der Waals surface area (Å²) in [7, 11) is 4.49. The van der Waals surface area contributed by atoms with Gasteiger partial charge in [-0.15, -0.1) is 0 Å². The summed E-state index contributed by atoms with van der Waals surface area (Å²) in [6.45, 7) is 0. The van der Waals surface area contributed by atoms with Crippen LogP contribution in [-0.2, 0) is 0 Å². The number of fused-ring (bicyclic) bond motifs is 2. The summed E-state index contributed by atoms with van der Waals surface area (Å²) in [5.41, 5.74) is 2.76. The third-order valence-corrected chi connectivity index (χ3v) is 4.29. The maximum absolute atomic E-state index is 2.25. The molecular weight excluding hydrogens is 214 g/mol. The van der Waals surface area contributed by atoms with Gasteiger partial charge in [0.25, 0.3) is 0 Å². The maximum Gasteiger partial charge on any atom is 0.151 e. The molecule has 0 saturated carbocycles. The zero-order chi connectivity index (χ0) is 11.2. The highest BCUT2D eigenvalue weighted by atomic mass is 32.2. The lowest BCUT2D eigenvalue weighted by atomic mass is 10.2. The van der Waals surface area contributed by atoms with Gasteiger partial charge in [0.05, 0.1) is 23.9 Å². The number of hydrogen-bond donors (Lipinski definition) is 0. The fraction of sp³-hybridized carbons (Fsp3) is 0.143. The fourth-order valence-corrected chi connectivity index (χ4v) is 3.59. The molecular formula is C14H14NS+. The van der Waals surface area contributed by atoms with Crippen LogP contribution in [0, 0.1) is 0 Å². The zero-order valence-electron chi connectivity index (χ0n) is 9.47. The fourth-order valence-electron chi connectivity index (χ4n) is 2.26. The summed E-state index contributed by atoms with van der Waals surface area (Å²) in [5.74, 6) is 0. The van der Waals surface area contributed by atoms with Gasteiger partial charge in [0.1, 0.15) is 0 Å². The predicted molar refractivity (Wildman–Crippen MR) is 70.3 cm³/mol. The van der Waals surface area contributed by atoms with Gasteiger partial charge in [0.15, 0.2) is 11.4 Å². The van der Waals surface area contributed by atoms with Gasteiger partial charge in [0.2, 0.25) is 0 Å². The summed E-state index contributed by atoms with van der Waals surface area (Å²) in [5, 5.41) is 0. The molecule has 2 heteroatoms. The number of benzene rings is 2. The first-order valence-corrected chi connectivity index (χ1v) is 6.22. The van der Waals surface area contributed by atoms with Crippen molar-refractivity contribution in [2.75, 3.05) is 14.1 Å². The van der Waals surface area contributed by atoms with Gasteiger partial charge in [-0.05, 0) is 12.1 Å². The smallest absolute Gasteiger partial charge is 0.151 e. The normalized spacial score (nSPS) is 16.4. The van der Waals surface area contributed by atoms with E-state index in [1.54, 1.807) is 0 Å². The Morgan fingerprint density at radius 1 is 0.750 bits per heavy atom. The van der Waals surface area contributed by atoms with Gasteiger partial charge in [-0.25, -0.2) is 0 Å². The molecule has 0 bridgehead atoms. The van der Waals surface area contributed by atoms with E-state index >= 15 is 0 Å². The standard InChI is InChI=1S/C14H14NS/c1-15(2)11-7-3-5-9-13(11)16-14-10-6-4-8-12(14)15/h3-10H,1-2H3/q+1. The Morgan fingerprint density at radius 3 is 1.69 bits per heavy atom. The van der Waals surface area contributed by atoms with Crippen molar-refractivity contribution in [1.82, 2.24) is 4.48 Å². The van der Waals surface area contributed by atoms with E-state index < -0.39 is 0 Å². The summed E-state index contributed by atoms with van der Waals surface area (Å²) in [4.78, 5) is 2.73. The SMILES string of the molecule is C[N+]1(C)c2ccccc2Sc2ccccc21. The van der Waals surface area contributed by atoms with E-state index in [0.717, 1.165) is 4.48 Å². The van der Waals surface area contributed by atoms with Crippen molar-refractivity contribution in [1.29, 1.82) is 0 Å². The van der Waals surface area contributed by atoms with Crippen LogP contribution in [0.5, 0.6) is 0 Å². The van der Waals surface area contributed by atoms with Crippen molar-refractivity contribution < 1.29 is 0 Å². The Hall–Kier alpha value is -1.25. The molecule has 2 aromatic rings. The average Bonchev–Trinajstić information content (AvgIpc) is 2.29. The second-order valence-electron chi connectivity index (χ2n) is 4.49. The molecule has 0 atom stereocenters. The molecule has 2 aromatic carbocycles. The first kappa shape index (κ1) is 9.94. The second-order valence-corrected chi connectivity index (χ2v) is 5.57. The summed E-state index contributed by atoms with van der Waals surface area (Å²) >= 11 is 1.87. The highest BCUT2D eigenvalue weighted by Crippen LogP contribution is 2.50. The van der Waals surface area contributed by atoms with Crippen LogP contribution in [0.4, 0.5) is 11.4 Å². The van der Waals surface area contributed by atoms with E-state index in [-0.39, 0.29) is 0 Å². The Labute approximate surface area is 100 Å². The van der Waals surface area contributed by atoms with Crippen molar-refractivity contribution in [3.63, 3.8) is 0 Å². The molecule has 80 valence electrons. The molecule has 1 nitrogen and oxygen atoms in total. The Kier molecular flexibility index (Phi) is 2.09. The summed E-state index contributed by atoms with van der Waals surface area (Å²) < 4.78 is 0.833. The maximum atomic E-state index is 2.25. The largest absolute Gasteiger partial charge is 0.262 e. The molecule has 1 aliphatic rings. The van der Waals surface area contributed by atoms with Crippen molar-refractivity contribution >= 4 is 23.1 Å². The van der Waals surface area contributed by atoms with Crippen molar-refractivity contribution in [3.05, 3.63) is 48.5 Å². The molecule has 0 fully saturated rings. The first-order chi connectivity index (χ1) is 7.69. The van der Waals surface area contributed by atoms with Crippen LogP contribution >= 0.6 is 11.8 Å². The molecule has 1 aliphatic heterocycles. The monoisotopic (exact) mass is 228 g/mol. The minimum atomic E-state index is 0.833. The number of quaternary nitrogens is 1. The summed E-state index contributed by atoms with van der Waals surface area (Å²) in [6.07, 6.45) is 0. The van der Waals surface area contributed by atoms with Crippen LogP contribution < -0.4 is 4.48 Å². The van der Waals surface area contributed by atoms with Crippen LogP contribution in [0.1, 0.15) is 0 Å². The van der Waals surface area contributed by atoms with E-state index in [1.165, 1.54) is 21.2 Å². The Morgan fingerprint density at radius 2 is 1.19 bits per heavy atom. The first-order valence-electron chi connectivity index (χ1n) is 5.40. The van der Waals surface area contributed by atoms with Crippen molar-refractivity contribution in [2.24, 2.45) is 0 Å². The van der Waals surface area contributed by atoms with Gasteiger partial charge in [0, 0.05) is 12.1 Å². The van der Waals surface area contributed by atoms with E-state index in [4.69, 9.17) is 0 Å². The highest BCUT2D eigenvalue weighted by Gasteiger charge is 2.33. The summed E-state index contributed by atoms with van der Waals surface area (Å²) in [6, 6.07) is 17.3. The lowest BCUT2D eigenvalue weighted by Gasteiger charge is -2.35. The number of rotatable bonds is 0. The minimum Gasteiger partial charge on any atom is -0.262 e. The molecule has 16 heavy (non-hydrogen) atoms. The minimum absolute atomic E-state index is 0.833. The number of nitrogens with zero attached hydrogens (tertiary/aromatic N) is 1. The second kappa shape index (κ2) is 3.37. The van der Waals surface area contributed by atoms with Gasteiger partial charge in [-0.2, -0.15) is 0 Å². The molecule has 3 rings (SSSR count). The Balaban J connectivity index is 2.28. The number of hydrogen-bond acceptors (Lipinski definition) is 1. The van der Waals surface area contributed by atoms with E-state index in [1.807, 2.05) is 11.8 Å². The molecule has 0 N–H and O–H groups in total. The third kappa shape index (κ3) is 1.30. The van der Waals surface area contributed by atoms with Gasteiger partial charge in [-0.3, -0.25) is 4.48 Å². The van der Waals surface area contributed by atoms with E-state index in [0.29, 0.717) is 0 Å². The molecule has 0 saturated heterocycles. The van der Waals surface area contributed by atoms with E-state index in [9.17, 15) is 0 Å². The van der Waals surface area contributed by atoms with Crippen molar-refractivity contribution in [2.45, 2.75) is 9.79 Å². The molecule has 0 aromatic heterocycles.